The molecular formula is C21H29NOS. The van der Waals surface area contributed by atoms with Crippen LogP contribution in [0.4, 0.5) is 5.00 Å². The van der Waals surface area contributed by atoms with Gasteiger partial charge in [0.15, 0.2) is 0 Å². The Morgan fingerprint density at radius 3 is 2.33 bits per heavy atom. The van der Waals surface area contributed by atoms with Crippen molar-refractivity contribution in [2.24, 2.45) is 0 Å². The van der Waals surface area contributed by atoms with Gasteiger partial charge in [-0.25, -0.2) is 0 Å². The molecule has 1 aromatic carbocycles. The molecule has 0 aliphatic rings. The van der Waals surface area contributed by atoms with Gasteiger partial charge in [0.2, 0.25) is 5.91 Å². The van der Waals surface area contributed by atoms with E-state index in [4.69, 9.17) is 0 Å². The third-order valence-electron chi connectivity index (χ3n) is 4.53. The van der Waals surface area contributed by atoms with Crippen LogP contribution in [0.3, 0.4) is 0 Å². The molecule has 0 aliphatic carbocycles. The van der Waals surface area contributed by atoms with Gasteiger partial charge in [-0.3, -0.25) is 4.79 Å². The van der Waals surface area contributed by atoms with Crippen molar-refractivity contribution >= 4 is 22.2 Å². The van der Waals surface area contributed by atoms with Gasteiger partial charge in [-0.15, -0.1) is 11.3 Å². The molecule has 24 heavy (non-hydrogen) atoms. The summed E-state index contributed by atoms with van der Waals surface area (Å²) in [4.78, 5) is 14.2. The van der Waals surface area contributed by atoms with Gasteiger partial charge in [-0.1, -0.05) is 57.5 Å². The van der Waals surface area contributed by atoms with Gasteiger partial charge in [0, 0.05) is 4.88 Å². The van der Waals surface area contributed by atoms with Crippen molar-refractivity contribution in [2.45, 2.75) is 66.2 Å². The zero-order valence-corrected chi connectivity index (χ0v) is 16.7. The number of hydrogen-bond donors (Lipinski definition) is 1. The lowest BCUT2D eigenvalue weighted by Gasteiger charge is -2.17. The molecular weight excluding hydrogens is 314 g/mol. The quantitative estimate of drug-likeness (QED) is 0.713. The van der Waals surface area contributed by atoms with Crippen LogP contribution < -0.4 is 5.32 Å². The van der Waals surface area contributed by atoms with Crippen molar-refractivity contribution < 1.29 is 4.79 Å². The number of hydrogen-bond acceptors (Lipinski definition) is 2. The van der Waals surface area contributed by atoms with Crippen LogP contribution in [0.2, 0.25) is 0 Å². The second kappa shape index (κ2) is 7.10. The molecule has 0 saturated heterocycles. The van der Waals surface area contributed by atoms with Crippen LogP contribution in [0.5, 0.6) is 0 Å². The first-order valence-corrected chi connectivity index (χ1v) is 9.44. The van der Waals surface area contributed by atoms with E-state index in [1.54, 1.807) is 11.3 Å². The standard InChI is InChI=1S/C21H29NOS/c1-8-17(16-11-9-10-13(2)12-16)19(23)22-20-15(4)14(3)18(24-20)21(5,6)7/h9-12,17H,8H2,1-7H3,(H,22,23). The summed E-state index contributed by atoms with van der Waals surface area (Å²) < 4.78 is 0. The van der Waals surface area contributed by atoms with E-state index < -0.39 is 0 Å². The van der Waals surface area contributed by atoms with Crippen molar-refractivity contribution in [3.05, 3.63) is 51.4 Å². The SMILES string of the molecule is CCC(C(=O)Nc1sc(C(C)(C)C)c(C)c1C)c1cccc(C)c1. The van der Waals surface area contributed by atoms with Crippen LogP contribution in [0.15, 0.2) is 24.3 Å². The first kappa shape index (κ1) is 18.7. The van der Waals surface area contributed by atoms with Crippen molar-refractivity contribution in [1.29, 1.82) is 0 Å². The van der Waals surface area contributed by atoms with E-state index in [0.29, 0.717) is 0 Å². The molecule has 0 aliphatic heterocycles. The van der Waals surface area contributed by atoms with Crippen molar-refractivity contribution in [3.63, 3.8) is 0 Å². The highest BCUT2D eigenvalue weighted by atomic mass is 32.1. The molecule has 2 aromatic rings. The molecule has 1 atom stereocenters. The maximum atomic E-state index is 12.9. The summed E-state index contributed by atoms with van der Waals surface area (Å²) in [6, 6.07) is 8.25. The zero-order valence-electron chi connectivity index (χ0n) is 15.9. The Morgan fingerprint density at radius 1 is 1.17 bits per heavy atom. The number of rotatable bonds is 4. The third kappa shape index (κ3) is 3.89. The first-order chi connectivity index (χ1) is 11.1. The van der Waals surface area contributed by atoms with Gasteiger partial charge in [0.25, 0.3) is 0 Å². The monoisotopic (exact) mass is 343 g/mol. The minimum Gasteiger partial charge on any atom is -0.317 e. The molecule has 1 N–H and O–H groups in total. The van der Waals surface area contributed by atoms with E-state index in [-0.39, 0.29) is 17.2 Å². The van der Waals surface area contributed by atoms with E-state index in [1.807, 2.05) is 12.1 Å². The molecule has 0 radical (unpaired) electrons. The predicted molar refractivity (Wildman–Crippen MR) is 105 cm³/mol. The molecule has 2 nitrogen and oxygen atoms in total. The Kier molecular flexibility index (Phi) is 5.54. The number of carbonyl (C=O) groups is 1. The van der Waals surface area contributed by atoms with Crippen LogP contribution in [0.1, 0.15) is 67.2 Å². The fraction of sp³-hybridized carbons (Fsp3) is 0.476. The Labute approximate surface area is 150 Å². The lowest BCUT2D eigenvalue weighted by atomic mass is 9.91. The molecule has 1 aromatic heterocycles. The Bertz CT molecular complexity index is 737. The van der Waals surface area contributed by atoms with Gasteiger partial charge < -0.3 is 5.32 Å². The van der Waals surface area contributed by atoms with Crippen LogP contribution in [-0.2, 0) is 10.2 Å². The number of nitrogens with one attached hydrogen (secondary N) is 1. The van der Waals surface area contributed by atoms with Crippen LogP contribution in [0.25, 0.3) is 0 Å². The fourth-order valence-electron chi connectivity index (χ4n) is 3.09. The van der Waals surface area contributed by atoms with E-state index in [9.17, 15) is 4.79 Å². The Balaban J connectivity index is 2.29. The molecule has 0 bridgehead atoms. The molecule has 2 rings (SSSR count). The van der Waals surface area contributed by atoms with Crippen molar-refractivity contribution in [2.75, 3.05) is 5.32 Å². The van der Waals surface area contributed by atoms with E-state index >= 15 is 0 Å². The third-order valence-corrected chi connectivity index (χ3v) is 6.27. The van der Waals surface area contributed by atoms with Gasteiger partial charge in [-0.2, -0.15) is 0 Å². The molecule has 1 unspecified atom stereocenters. The highest BCUT2D eigenvalue weighted by Crippen LogP contribution is 2.40. The van der Waals surface area contributed by atoms with Gasteiger partial charge in [0.05, 0.1) is 10.9 Å². The van der Waals surface area contributed by atoms with E-state index in [2.05, 4.69) is 65.9 Å². The average molecular weight is 344 g/mol. The van der Waals surface area contributed by atoms with Crippen molar-refractivity contribution in [1.82, 2.24) is 0 Å². The summed E-state index contributed by atoms with van der Waals surface area (Å²) in [6.07, 6.45) is 0.796. The largest absolute Gasteiger partial charge is 0.317 e. The number of thiophene rings is 1. The average Bonchev–Trinajstić information content (AvgIpc) is 2.76. The number of carbonyl (C=O) groups excluding carboxylic acids is 1. The summed E-state index contributed by atoms with van der Waals surface area (Å²) >= 11 is 1.72. The highest BCUT2D eigenvalue weighted by Gasteiger charge is 2.25. The van der Waals surface area contributed by atoms with Crippen molar-refractivity contribution in [3.8, 4) is 0 Å². The maximum absolute atomic E-state index is 12.9. The molecule has 0 saturated carbocycles. The van der Waals surface area contributed by atoms with Crippen LogP contribution in [-0.4, -0.2) is 5.91 Å². The summed E-state index contributed by atoms with van der Waals surface area (Å²) in [6.45, 7) is 15.1. The smallest absolute Gasteiger partial charge is 0.232 e. The summed E-state index contributed by atoms with van der Waals surface area (Å²) in [5.41, 5.74) is 4.88. The van der Waals surface area contributed by atoms with Crippen LogP contribution in [0, 0.1) is 20.8 Å². The molecule has 1 heterocycles. The predicted octanol–water partition coefficient (Wildman–Crippen LogP) is 6.10. The molecule has 0 fully saturated rings. The lowest BCUT2D eigenvalue weighted by molar-refractivity contribution is -0.117. The maximum Gasteiger partial charge on any atom is 0.232 e. The van der Waals surface area contributed by atoms with Crippen LogP contribution >= 0.6 is 11.3 Å². The van der Waals surface area contributed by atoms with E-state index in [1.165, 1.54) is 21.6 Å². The van der Waals surface area contributed by atoms with Gasteiger partial charge in [-0.05, 0) is 49.3 Å². The summed E-state index contributed by atoms with van der Waals surface area (Å²) in [5, 5.41) is 4.19. The topological polar surface area (TPSA) is 29.1 Å². The van der Waals surface area contributed by atoms with Gasteiger partial charge in [0.1, 0.15) is 0 Å². The zero-order chi connectivity index (χ0) is 18.1. The Hall–Kier alpha value is -1.61. The summed E-state index contributed by atoms with van der Waals surface area (Å²) in [7, 11) is 0. The molecule has 1 amide bonds. The highest BCUT2D eigenvalue weighted by molar-refractivity contribution is 7.16. The fourth-order valence-corrected chi connectivity index (χ4v) is 4.36. The lowest BCUT2D eigenvalue weighted by Crippen LogP contribution is -2.20. The second-order valence-electron chi connectivity index (χ2n) is 7.62. The normalized spacial score (nSPS) is 13.0. The number of amides is 1. The molecule has 0 spiro atoms. The molecule has 3 heteroatoms. The minimum atomic E-state index is -0.107. The molecule has 130 valence electrons. The second-order valence-corrected chi connectivity index (χ2v) is 8.65. The minimum absolute atomic E-state index is 0.0907. The summed E-state index contributed by atoms with van der Waals surface area (Å²) in [5.74, 6) is -0.0160. The number of anilines is 1. The Morgan fingerprint density at radius 2 is 1.83 bits per heavy atom. The van der Waals surface area contributed by atoms with Gasteiger partial charge >= 0.3 is 0 Å². The first-order valence-electron chi connectivity index (χ1n) is 8.63. The number of benzene rings is 1. The van der Waals surface area contributed by atoms with E-state index in [0.717, 1.165) is 17.0 Å². The number of aryl methyl sites for hydroxylation is 1.